The second-order valence-corrected chi connectivity index (χ2v) is 5.74. The second-order valence-electron chi connectivity index (χ2n) is 4.59. The SMILES string of the molecule is CC1CCN(C(=O)C2CSCCN2)CC1. The van der Waals surface area contributed by atoms with Crippen LogP contribution in [0.25, 0.3) is 0 Å². The van der Waals surface area contributed by atoms with Gasteiger partial charge in [0.1, 0.15) is 0 Å². The van der Waals surface area contributed by atoms with Gasteiger partial charge in [0.2, 0.25) is 5.91 Å². The van der Waals surface area contributed by atoms with Crippen LogP contribution in [0.1, 0.15) is 19.8 Å². The fourth-order valence-electron chi connectivity index (χ4n) is 2.17. The lowest BCUT2D eigenvalue weighted by Crippen LogP contribution is -2.52. The maximum atomic E-state index is 12.1. The van der Waals surface area contributed by atoms with Gasteiger partial charge in [-0.1, -0.05) is 6.92 Å². The molecular weight excluding hydrogens is 208 g/mol. The Kier molecular flexibility index (Phi) is 3.92. The summed E-state index contributed by atoms with van der Waals surface area (Å²) in [5.74, 6) is 3.21. The molecule has 2 heterocycles. The number of nitrogens with one attached hydrogen (secondary N) is 1. The van der Waals surface area contributed by atoms with Crippen LogP contribution in [0.4, 0.5) is 0 Å². The Bertz CT molecular complexity index is 221. The molecule has 2 aliphatic heterocycles. The van der Waals surface area contributed by atoms with Gasteiger partial charge in [0.15, 0.2) is 0 Å². The van der Waals surface area contributed by atoms with Gasteiger partial charge >= 0.3 is 0 Å². The highest BCUT2D eigenvalue weighted by Gasteiger charge is 2.27. The monoisotopic (exact) mass is 228 g/mol. The lowest BCUT2D eigenvalue weighted by atomic mass is 9.99. The molecule has 0 spiro atoms. The van der Waals surface area contributed by atoms with Gasteiger partial charge in [-0.2, -0.15) is 11.8 Å². The van der Waals surface area contributed by atoms with Crippen LogP contribution in [0.3, 0.4) is 0 Å². The van der Waals surface area contributed by atoms with E-state index in [0.717, 1.165) is 37.1 Å². The number of piperidine rings is 1. The molecule has 1 N–H and O–H groups in total. The van der Waals surface area contributed by atoms with Gasteiger partial charge in [0, 0.05) is 31.1 Å². The van der Waals surface area contributed by atoms with E-state index >= 15 is 0 Å². The molecule has 0 bridgehead atoms. The van der Waals surface area contributed by atoms with E-state index in [1.165, 1.54) is 12.8 Å². The van der Waals surface area contributed by atoms with E-state index in [0.29, 0.717) is 5.91 Å². The summed E-state index contributed by atoms with van der Waals surface area (Å²) >= 11 is 1.89. The quantitative estimate of drug-likeness (QED) is 0.725. The Balaban J connectivity index is 1.84. The van der Waals surface area contributed by atoms with Crippen molar-refractivity contribution in [2.24, 2.45) is 5.92 Å². The van der Waals surface area contributed by atoms with Gasteiger partial charge in [-0.3, -0.25) is 4.79 Å². The van der Waals surface area contributed by atoms with Crippen molar-refractivity contribution in [1.29, 1.82) is 0 Å². The van der Waals surface area contributed by atoms with Crippen molar-refractivity contribution in [3.8, 4) is 0 Å². The Morgan fingerprint density at radius 1 is 1.40 bits per heavy atom. The van der Waals surface area contributed by atoms with E-state index in [1.54, 1.807) is 0 Å². The zero-order chi connectivity index (χ0) is 10.7. The van der Waals surface area contributed by atoms with Gasteiger partial charge < -0.3 is 10.2 Å². The smallest absolute Gasteiger partial charge is 0.240 e. The van der Waals surface area contributed by atoms with Crippen LogP contribution in [0.15, 0.2) is 0 Å². The highest BCUT2D eigenvalue weighted by atomic mass is 32.2. The van der Waals surface area contributed by atoms with Crippen molar-refractivity contribution in [3.05, 3.63) is 0 Å². The average Bonchev–Trinajstić information content (AvgIpc) is 2.30. The van der Waals surface area contributed by atoms with Crippen LogP contribution in [-0.4, -0.2) is 48.0 Å². The molecule has 3 nitrogen and oxygen atoms in total. The normalized spacial score (nSPS) is 29.1. The number of carbonyl (C=O) groups is 1. The summed E-state index contributed by atoms with van der Waals surface area (Å²) in [5.41, 5.74) is 0. The summed E-state index contributed by atoms with van der Waals surface area (Å²) in [6.45, 7) is 5.17. The summed E-state index contributed by atoms with van der Waals surface area (Å²) < 4.78 is 0. The number of amides is 1. The number of nitrogens with zero attached hydrogens (tertiary/aromatic N) is 1. The molecule has 0 radical (unpaired) electrons. The highest BCUT2D eigenvalue weighted by molar-refractivity contribution is 7.99. The minimum absolute atomic E-state index is 0.0807. The topological polar surface area (TPSA) is 32.3 Å². The van der Waals surface area contributed by atoms with Crippen molar-refractivity contribution in [2.45, 2.75) is 25.8 Å². The number of likely N-dealkylation sites (tertiary alicyclic amines) is 1. The molecule has 0 aromatic rings. The second kappa shape index (κ2) is 5.21. The molecule has 1 atom stereocenters. The predicted octanol–water partition coefficient (Wildman–Crippen LogP) is 0.950. The minimum atomic E-state index is 0.0807. The molecule has 0 aliphatic carbocycles. The van der Waals surface area contributed by atoms with E-state index < -0.39 is 0 Å². The molecule has 2 aliphatic rings. The van der Waals surface area contributed by atoms with Gasteiger partial charge in [0.05, 0.1) is 6.04 Å². The van der Waals surface area contributed by atoms with Crippen molar-refractivity contribution in [2.75, 3.05) is 31.1 Å². The third kappa shape index (κ3) is 2.88. The molecule has 86 valence electrons. The molecule has 1 amide bonds. The maximum Gasteiger partial charge on any atom is 0.240 e. The van der Waals surface area contributed by atoms with Crippen molar-refractivity contribution in [1.82, 2.24) is 10.2 Å². The molecule has 2 rings (SSSR count). The summed E-state index contributed by atoms with van der Waals surface area (Å²) in [6.07, 6.45) is 2.34. The van der Waals surface area contributed by atoms with E-state index in [9.17, 15) is 4.79 Å². The summed E-state index contributed by atoms with van der Waals surface area (Å²) in [6, 6.07) is 0.0807. The fourth-order valence-corrected chi connectivity index (χ4v) is 3.10. The molecule has 0 aromatic carbocycles. The van der Waals surface area contributed by atoms with Gasteiger partial charge in [0.25, 0.3) is 0 Å². The maximum absolute atomic E-state index is 12.1. The first-order valence-corrected chi connectivity index (χ1v) is 7.03. The fraction of sp³-hybridized carbons (Fsp3) is 0.909. The van der Waals surface area contributed by atoms with E-state index in [2.05, 4.69) is 12.2 Å². The van der Waals surface area contributed by atoms with E-state index in [-0.39, 0.29) is 6.04 Å². The van der Waals surface area contributed by atoms with Crippen molar-refractivity contribution >= 4 is 17.7 Å². The molecular formula is C11H20N2OS. The number of rotatable bonds is 1. The summed E-state index contributed by atoms with van der Waals surface area (Å²) in [7, 11) is 0. The lowest BCUT2D eigenvalue weighted by molar-refractivity contribution is -0.134. The van der Waals surface area contributed by atoms with Crippen LogP contribution in [-0.2, 0) is 4.79 Å². The molecule has 0 aromatic heterocycles. The number of carbonyl (C=O) groups excluding carboxylic acids is 1. The first-order chi connectivity index (χ1) is 7.27. The van der Waals surface area contributed by atoms with Gasteiger partial charge in [-0.15, -0.1) is 0 Å². The molecule has 1 unspecified atom stereocenters. The van der Waals surface area contributed by atoms with Crippen LogP contribution < -0.4 is 5.32 Å². The largest absolute Gasteiger partial charge is 0.341 e. The number of hydrogen-bond acceptors (Lipinski definition) is 3. The van der Waals surface area contributed by atoms with Crippen molar-refractivity contribution < 1.29 is 4.79 Å². The third-order valence-electron chi connectivity index (χ3n) is 3.32. The van der Waals surface area contributed by atoms with E-state index in [1.807, 2.05) is 16.7 Å². The Hall–Kier alpha value is -0.220. The Morgan fingerprint density at radius 3 is 2.73 bits per heavy atom. The lowest BCUT2D eigenvalue weighted by Gasteiger charge is -2.34. The number of thioether (sulfide) groups is 1. The zero-order valence-electron chi connectivity index (χ0n) is 9.37. The molecule has 2 fully saturated rings. The molecule has 15 heavy (non-hydrogen) atoms. The minimum Gasteiger partial charge on any atom is -0.341 e. The molecule has 0 saturated carbocycles. The van der Waals surface area contributed by atoms with Crippen molar-refractivity contribution in [3.63, 3.8) is 0 Å². The standard InChI is InChI=1S/C11H20N2OS/c1-9-2-5-13(6-3-9)11(14)10-8-15-7-4-12-10/h9-10,12H,2-8H2,1H3. The average molecular weight is 228 g/mol. The zero-order valence-corrected chi connectivity index (χ0v) is 10.2. The molecule has 4 heteroatoms. The summed E-state index contributed by atoms with van der Waals surface area (Å²) in [5, 5.41) is 3.32. The first-order valence-electron chi connectivity index (χ1n) is 5.87. The Labute approximate surface area is 96.0 Å². The first kappa shape index (κ1) is 11.3. The summed E-state index contributed by atoms with van der Waals surface area (Å²) in [4.78, 5) is 14.2. The molecule has 2 saturated heterocycles. The van der Waals surface area contributed by atoms with Crippen LogP contribution in [0.2, 0.25) is 0 Å². The third-order valence-corrected chi connectivity index (χ3v) is 4.38. The van der Waals surface area contributed by atoms with Crippen LogP contribution in [0.5, 0.6) is 0 Å². The van der Waals surface area contributed by atoms with Gasteiger partial charge in [-0.25, -0.2) is 0 Å². The van der Waals surface area contributed by atoms with E-state index in [4.69, 9.17) is 0 Å². The Morgan fingerprint density at radius 2 is 2.13 bits per heavy atom. The highest BCUT2D eigenvalue weighted by Crippen LogP contribution is 2.18. The van der Waals surface area contributed by atoms with Crippen LogP contribution in [0, 0.1) is 5.92 Å². The predicted molar refractivity (Wildman–Crippen MR) is 64.1 cm³/mol. The van der Waals surface area contributed by atoms with Crippen LogP contribution >= 0.6 is 11.8 Å². The number of hydrogen-bond donors (Lipinski definition) is 1. The van der Waals surface area contributed by atoms with Gasteiger partial charge in [-0.05, 0) is 18.8 Å².